The second-order valence-electron chi connectivity index (χ2n) is 7.43. The van der Waals surface area contributed by atoms with E-state index in [2.05, 4.69) is 22.2 Å². The molecule has 0 spiro atoms. The molecular formula is C20H31N3O2. The van der Waals surface area contributed by atoms with Gasteiger partial charge in [-0.25, -0.2) is 0 Å². The number of hydrogen-bond acceptors (Lipinski definition) is 4. The van der Waals surface area contributed by atoms with Crippen LogP contribution < -0.4 is 10.1 Å². The first-order chi connectivity index (χ1) is 12.2. The summed E-state index contributed by atoms with van der Waals surface area (Å²) in [5, 5.41) is 3.12. The lowest BCUT2D eigenvalue weighted by molar-refractivity contribution is -0.127. The van der Waals surface area contributed by atoms with Gasteiger partial charge in [-0.05, 0) is 70.1 Å². The van der Waals surface area contributed by atoms with Crippen LogP contribution in [0.5, 0.6) is 5.75 Å². The van der Waals surface area contributed by atoms with Gasteiger partial charge in [0.15, 0.2) is 0 Å². The van der Waals surface area contributed by atoms with E-state index in [0.717, 1.165) is 37.2 Å². The molecule has 1 aromatic rings. The predicted molar refractivity (Wildman–Crippen MR) is 99.7 cm³/mol. The van der Waals surface area contributed by atoms with E-state index < -0.39 is 0 Å². The van der Waals surface area contributed by atoms with Crippen molar-refractivity contribution in [3.8, 4) is 5.75 Å². The number of carbonyl (C=O) groups is 1. The van der Waals surface area contributed by atoms with E-state index in [9.17, 15) is 4.79 Å². The highest BCUT2D eigenvalue weighted by Gasteiger charge is 2.30. The van der Waals surface area contributed by atoms with E-state index in [-0.39, 0.29) is 11.8 Å². The van der Waals surface area contributed by atoms with Crippen molar-refractivity contribution in [3.63, 3.8) is 0 Å². The first kappa shape index (κ1) is 18.2. The number of rotatable bonds is 5. The molecule has 2 saturated heterocycles. The normalized spacial score (nSPS) is 23.4. The van der Waals surface area contributed by atoms with E-state index >= 15 is 0 Å². The molecule has 0 aromatic heterocycles. The van der Waals surface area contributed by atoms with Crippen LogP contribution in [0.25, 0.3) is 0 Å². The Kier molecular flexibility index (Phi) is 6.32. The van der Waals surface area contributed by atoms with Gasteiger partial charge in [0.05, 0.1) is 13.0 Å². The largest absolute Gasteiger partial charge is 0.497 e. The van der Waals surface area contributed by atoms with E-state index in [0.29, 0.717) is 12.6 Å². The number of likely N-dealkylation sites (tertiary alicyclic amines) is 2. The number of methoxy groups -OCH3 is 1. The molecule has 25 heavy (non-hydrogen) atoms. The van der Waals surface area contributed by atoms with Gasteiger partial charge < -0.3 is 15.0 Å². The Morgan fingerprint density at radius 2 is 1.88 bits per heavy atom. The third kappa shape index (κ3) is 4.95. The molecule has 1 amide bonds. The second kappa shape index (κ2) is 8.68. The minimum Gasteiger partial charge on any atom is -0.497 e. The molecule has 1 aromatic carbocycles. The molecule has 3 rings (SSSR count). The van der Waals surface area contributed by atoms with Crippen molar-refractivity contribution in [3.05, 3.63) is 29.8 Å². The maximum atomic E-state index is 12.6. The van der Waals surface area contributed by atoms with Crippen LogP contribution in [-0.4, -0.2) is 62.1 Å². The zero-order valence-electron chi connectivity index (χ0n) is 15.5. The Morgan fingerprint density at radius 1 is 1.16 bits per heavy atom. The lowest BCUT2D eigenvalue weighted by Gasteiger charge is -2.41. The Bertz CT molecular complexity index is 553. The minimum absolute atomic E-state index is 0.131. The van der Waals surface area contributed by atoms with E-state index in [1.165, 1.54) is 25.9 Å². The summed E-state index contributed by atoms with van der Waals surface area (Å²) in [5.41, 5.74) is 1.11. The molecule has 5 heteroatoms. The lowest BCUT2D eigenvalue weighted by Crippen LogP contribution is -2.50. The van der Waals surface area contributed by atoms with Gasteiger partial charge in [0.1, 0.15) is 5.75 Å². The van der Waals surface area contributed by atoms with Crippen LogP contribution >= 0.6 is 0 Å². The topological polar surface area (TPSA) is 44.8 Å². The van der Waals surface area contributed by atoms with Crippen molar-refractivity contribution < 1.29 is 9.53 Å². The van der Waals surface area contributed by atoms with Gasteiger partial charge in [0.25, 0.3) is 0 Å². The highest BCUT2D eigenvalue weighted by Crippen LogP contribution is 2.23. The Labute approximate surface area is 151 Å². The number of carbonyl (C=O) groups excluding carboxylic acids is 1. The summed E-state index contributed by atoms with van der Waals surface area (Å²) in [5.74, 6) is 1.18. The summed E-state index contributed by atoms with van der Waals surface area (Å²) in [7, 11) is 3.86. The molecule has 138 valence electrons. The molecule has 2 aliphatic rings. The third-order valence-electron chi connectivity index (χ3n) is 5.65. The summed E-state index contributed by atoms with van der Waals surface area (Å²) >= 11 is 0. The lowest BCUT2D eigenvalue weighted by atomic mass is 9.93. The molecule has 2 heterocycles. The van der Waals surface area contributed by atoms with E-state index in [1.807, 2.05) is 24.3 Å². The maximum absolute atomic E-state index is 12.6. The molecule has 2 fully saturated rings. The summed E-state index contributed by atoms with van der Waals surface area (Å²) in [4.78, 5) is 17.6. The maximum Gasteiger partial charge on any atom is 0.224 e. The van der Waals surface area contributed by atoms with Crippen LogP contribution in [0.2, 0.25) is 0 Å². The predicted octanol–water partition coefficient (Wildman–Crippen LogP) is 2.12. The van der Waals surface area contributed by atoms with E-state index in [4.69, 9.17) is 4.74 Å². The average Bonchev–Trinajstić information content (AvgIpc) is 2.67. The van der Waals surface area contributed by atoms with Crippen molar-refractivity contribution in [2.45, 2.75) is 38.3 Å². The molecule has 2 aliphatic heterocycles. The molecule has 1 atom stereocenters. The number of amides is 1. The number of piperidine rings is 2. The summed E-state index contributed by atoms with van der Waals surface area (Å²) in [6.45, 7) is 5.01. The number of nitrogens with one attached hydrogen (secondary N) is 1. The Morgan fingerprint density at radius 3 is 2.56 bits per heavy atom. The van der Waals surface area contributed by atoms with Gasteiger partial charge in [0.2, 0.25) is 5.91 Å². The van der Waals surface area contributed by atoms with Gasteiger partial charge in [-0.1, -0.05) is 12.1 Å². The number of hydrogen-bond donors (Lipinski definition) is 1. The number of benzene rings is 1. The minimum atomic E-state index is 0.131. The first-order valence-corrected chi connectivity index (χ1v) is 9.49. The molecular weight excluding hydrogens is 314 g/mol. The van der Waals surface area contributed by atoms with Gasteiger partial charge >= 0.3 is 0 Å². The zero-order valence-corrected chi connectivity index (χ0v) is 15.5. The highest BCUT2D eigenvalue weighted by atomic mass is 16.5. The summed E-state index contributed by atoms with van der Waals surface area (Å²) in [6.07, 6.45) is 4.61. The molecule has 5 nitrogen and oxygen atoms in total. The SMILES string of the molecule is COc1ccc(CNC(=O)[C@H]2CCCN(C3CCN(C)CC3)C2)cc1. The fraction of sp³-hybridized carbons (Fsp3) is 0.650. The monoisotopic (exact) mass is 345 g/mol. The van der Waals surface area contributed by atoms with Crippen molar-refractivity contribution in [2.75, 3.05) is 40.3 Å². The van der Waals surface area contributed by atoms with E-state index in [1.54, 1.807) is 7.11 Å². The van der Waals surface area contributed by atoms with Crippen molar-refractivity contribution in [2.24, 2.45) is 5.92 Å². The number of nitrogens with zero attached hydrogens (tertiary/aromatic N) is 2. The second-order valence-corrected chi connectivity index (χ2v) is 7.43. The van der Waals surface area contributed by atoms with Crippen molar-refractivity contribution in [1.82, 2.24) is 15.1 Å². The molecule has 0 radical (unpaired) electrons. The number of ether oxygens (including phenoxy) is 1. The molecule has 0 bridgehead atoms. The van der Waals surface area contributed by atoms with Gasteiger partial charge in [0, 0.05) is 19.1 Å². The van der Waals surface area contributed by atoms with Gasteiger partial charge in [-0.15, -0.1) is 0 Å². The molecule has 1 N–H and O–H groups in total. The van der Waals surface area contributed by atoms with Crippen LogP contribution in [-0.2, 0) is 11.3 Å². The van der Waals surface area contributed by atoms with Crippen LogP contribution in [0.1, 0.15) is 31.2 Å². The van der Waals surface area contributed by atoms with Crippen molar-refractivity contribution in [1.29, 1.82) is 0 Å². The van der Waals surface area contributed by atoms with Crippen LogP contribution in [0.4, 0.5) is 0 Å². The van der Waals surface area contributed by atoms with Crippen LogP contribution in [0.3, 0.4) is 0 Å². The summed E-state index contributed by atoms with van der Waals surface area (Å²) in [6, 6.07) is 8.54. The Balaban J connectivity index is 1.47. The standard InChI is InChI=1S/C20H31N3O2/c1-22-12-9-18(10-13-22)23-11-3-4-17(15-23)20(24)21-14-16-5-7-19(25-2)8-6-16/h5-8,17-18H,3-4,9-15H2,1-2H3,(H,21,24)/t17-/m0/s1. The first-order valence-electron chi connectivity index (χ1n) is 9.49. The van der Waals surface area contributed by atoms with Crippen molar-refractivity contribution >= 4 is 5.91 Å². The van der Waals surface area contributed by atoms with Gasteiger partial charge in [-0.2, -0.15) is 0 Å². The van der Waals surface area contributed by atoms with Crippen LogP contribution in [0.15, 0.2) is 24.3 Å². The fourth-order valence-corrected chi connectivity index (χ4v) is 3.99. The quantitative estimate of drug-likeness (QED) is 0.888. The van der Waals surface area contributed by atoms with Gasteiger partial charge in [-0.3, -0.25) is 9.69 Å². The molecule has 0 aliphatic carbocycles. The highest BCUT2D eigenvalue weighted by molar-refractivity contribution is 5.79. The third-order valence-corrected chi connectivity index (χ3v) is 5.65. The average molecular weight is 345 g/mol. The summed E-state index contributed by atoms with van der Waals surface area (Å²) < 4.78 is 5.17. The Hall–Kier alpha value is -1.59. The molecule has 0 unspecified atom stereocenters. The van der Waals surface area contributed by atoms with Crippen LogP contribution in [0, 0.1) is 5.92 Å². The molecule has 0 saturated carbocycles. The fourth-order valence-electron chi connectivity index (χ4n) is 3.99. The smallest absolute Gasteiger partial charge is 0.224 e. The zero-order chi connectivity index (χ0) is 17.6.